The van der Waals surface area contributed by atoms with Gasteiger partial charge in [0, 0.05) is 20.3 Å². The van der Waals surface area contributed by atoms with Crippen LogP contribution >= 0.6 is 0 Å². The molecule has 0 radical (unpaired) electrons. The van der Waals surface area contributed by atoms with E-state index in [1.807, 2.05) is 6.07 Å². The van der Waals surface area contributed by atoms with Gasteiger partial charge in [0.15, 0.2) is 0 Å². The minimum Gasteiger partial charge on any atom is -0.385 e. The van der Waals surface area contributed by atoms with E-state index in [9.17, 15) is 8.42 Å². The maximum atomic E-state index is 11.8. The van der Waals surface area contributed by atoms with Crippen molar-refractivity contribution in [3.05, 3.63) is 35.4 Å². The van der Waals surface area contributed by atoms with E-state index in [4.69, 9.17) is 10.00 Å². The van der Waals surface area contributed by atoms with Gasteiger partial charge in [-0.3, -0.25) is 0 Å². The first-order valence-corrected chi connectivity index (χ1v) is 8.18. The minimum atomic E-state index is -3.31. The highest BCUT2D eigenvalue weighted by Crippen LogP contribution is 2.07. The van der Waals surface area contributed by atoms with Crippen LogP contribution in [0.4, 0.5) is 0 Å². The van der Waals surface area contributed by atoms with Crippen LogP contribution in [-0.4, -0.2) is 28.7 Å². The van der Waals surface area contributed by atoms with Crippen molar-refractivity contribution in [3.63, 3.8) is 0 Å². The summed E-state index contributed by atoms with van der Waals surface area (Å²) in [5, 5.41) is 8.68. The molecule has 0 spiro atoms. The molecule has 1 N–H and O–H groups in total. The molecule has 0 saturated carbocycles. The number of sulfonamides is 1. The third-order valence-corrected chi connectivity index (χ3v) is 4.14. The minimum absolute atomic E-state index is 0.0588. The predicted molar refractivity (Wildman–Crippen MR) is 77.5 cm³/mol. The fraction of sp³-hybridized carbons (Fsp3) is 0.500. The van der Waals surface area contributed by atoms with Crippen LogP contribution in [0.25, 0.3) is 0 Å². The van der Waals surface area contributed by atoms with Crippen LogP contribution in [0.1, 0.15) is 30.4 Å². The fourth-order valence-corrected chi connectivity index (χ4v) is 2.91. The van der Waals surface area contributed by atoms with Crippen LogP contribution in [-0.2, 0) is 20.5 Å². The first kappa shape index (κ1) is 16.6. The molecular formula is C14H20N2O3S. The quantitative estimate of drug-likeness (QED) is 0.705. The lowest BCUT2D eigenvalue weighted by Crippen LogP contribution is -2.26. The molecular weight excluding hydrogens is 276 g/mol. The van der Waals surface area contributed by atoms with Crippen molar-refractivity contribution in [2.75, 3.05) is 20.3 Å². The van der Waals surface area contributed by atoms with Crippen molar-refractivity contribution in [1.29, 1.82) is 5.26 Å². The SMILES string of the molecule is COCCCCCNS(=O)(=O)Cc1ccc(C#N)cc1. The molecule has 0 heterocycles. The van der Waals surface area contributed by atoms with Crippen molar-refractivity contribution >= 4 is 10.0 Å². The van der Waals surface area contributed by atoms with Crippen LogP contribution in [0, 0.1) is 11.3 Å². The second-order valence-electron chi connectivity index (χ2n) is 4.52. The number of nitrogens with zero attached hydrogens (tertiary/aromatic N) is 1. The molecule has 0 aliphatic rings. The summed E-state index contributed by atoms with van der Waals surface area (Å²) in [5.41, 5.74) is 1.20. The maximum absolute atomic E-state index is 11.8. The maximum Gasteiger partial charge on any atom is 0.215 e. The number of rotatable bonds is 9. The van der Waals surface area contributed by atoms with E-state index in [0.29, 0.717) is 24.3 Å². The van der Waals surface area contributed by atoms with Gasteiger partial charge in [0.05, 0.1) is 17.4 Å². The van der Waals surface area contributed by atoms with Crippen LogP contribution in [0.2, 0.25) is 0 Å². The average Bonchev–Trinajstić information content (AvgIpc) is 2.43. The molecule has 5 nitrogen and oxygen atoms in total. The predicted octanol–water partition coefficient (Wildman–Crippen LogP) is 1.79. The molecule has 1 aromatic rings. The highest BCUT2D eigenvalue weighted by Gasteiger charge is 2.10. The summed E-state index contributed by atoms with van der Waals surface area (Å²) >= 11 is 0. The van der Waals surface area contributed by atoms with Crippen molar-refractivity contribution in [3.8, 4) is 6.07 Å². The Morgan fingerprint density at radius 2 is 1.90 bits per heavy atom. The summed E-state index contributed by atoms with van der Waals surface area (Å²) in [6.07, 6.45) is 2.68. The summed E-state index contributed by atoms with van der Waals surface area (Å²) < 4.78 is 31.2. The molecule has 20 heavy (non-hydrogen) atoms. The van der Waals surface area contributed by atoms with E-state index >= 15 is 0 Å². The Balaban J connectivity index is 2.35. The van der Waals surface area contributed by atoms with E-state index in [1.165, 1.54) is 0 Å². The molecule has 0 aliphatic heterocycles. The van der Waals surface area contributed by atoms with Gasteiger partial charge < -0.3 is 4.74 Å². The Kier molecular flexibility index (Phi) is 7.23. The number of hydrogen-bond donors (Lipinski definition) is 1. The Labute approximate surface area is 120 Å². The van der Waals surface area contributed by atoms with Crippen molar-refractivity contribution in [2.24, 2.45) is 0 Å². The lowest BCUT2D eigenvalue weighted by Gasteiger charge is -2.07. The molecule has 0 amide bonds. The molecule has 0 aromatic heterocycles. The number of methoxy groups -OCH3 is 1. The lowest BCUT2D eigenvalue weighted by molar-refractivity contribution is 0.192. The van der Waals surface area contributed by atoms with E-state index in [0.717, 1.165) is 19.3 Å². The van der Waals surface area contributed by atoms with Gasteiger partial charge >= 0.3 is 0 Å². The van der Waals surface area contributed by atoms with E-state index in [-0.39, 0.29) is 5.75 Å². The Hall–Kier alpha value is -1.42. The molecule has 1 aromatic carbocycles. The number of unbranched alkanes of at least 4 members (excludes halogenated alkanes) is 2. The van der Waals surface area contributed by atoms with Gasteiger partial charge in [-0.15, -0.1) is 0 Å². The van der Waals surface area contributed by atoms with Gasteiger partial charge in [0.2, 0.25) is 10.0 Å². The van der Waals surface area contributed by atoms with E-state index in [2.05, 4.69) is 4.72 Å². The van der Waals surface area contributed by atoms with Gasteiger partial charge in [0.25, 0.3) is 0 Å². The Morgan fingerprint density at radius 3 is 2.50 bits per heavy atom. The molecule has 0 atom stereocenters. The molecule has 0 saturated heterocycles. The number of ether oxygens (including phenoxy) is 1. The summed E-state index contributed by atoms with van der Waals surface area (Å²) in [7, 11) is -1.66. The van der Waals surface area contributed by atoms with Crippen LogP contribution in [0.5, 0.6) is 0 Å². The zero-order valence-corrected chi connectivity index (χ0v) is 12.4. The Morgan fingerprint density at radius 1 is 1.20 bits per heavy atom. The standard InChI is InChI=1S/C14H20N2O3S/c1-19-10-4-2-3-9-16-20(17,18)12-14-7-5-13(11-15)6-8-14/h5-8,16H,2-4,9-10,12H2,1H3. The van der Waals surface area contributed by atoms with Gasteiger partial charge in [0.1, 0.15) is 0 Å². The summed E-state index contributed by atoms with van der Waals surface area (Å²) in [6.45, 7) is 1.15. The van der Waals surface area contributed by atoms with Crippen LogP contribution in [0.3, 0.4) is 0 Å². The topological polar surface area (TPSA) is 79.2 Å². The van der Waals surface area contributed by atoms with Gasteiger partial charge in [-0.05, 0) is 37.0 Å². The second kappa shape index (κ2) is 8.69. The average molecular weight is 296 g/mol. The first-order chi connectivity index (χ1) is 9.57. The van der Waals surface area contributed by atoms with Crippen LogP contribution < -0.4 is 4.72 Å². The molecule has 6 heteroatoms. The molecule has 0 fully saturated rings. The third-order valence-electron chi connectivity index (χ3n) is 2.79. The number of benzene rings is 1. The number of hydrogen-bond acceptors (Lipinski definition) is 4. The monoisotopic (exact) mass is 296 g/mol. The number of nitrogens with one attached hydrogen (secondary N) is 1. The molecule has 0 aliphatic carbocycles. The largest absolute Gasteiger partial charge is 0.385 e. The van der Waals surface area contributed by atoms with Crippen LogP contribution in [0.15, 0.2) is 24.3 Å². The van der Waals surface area contributed by atoms with Crippen molar-refractivity contribution in [2.45, 2.75) is 25.0 Å². The van der Waals surface area contributed by atoms with Crippen molar-refractivity contribution in [1.82, 2.24) is 4.72 Å². The third kappa shape index (κ3) is 6.66. The van der Waals surface area contributed by atoms with Gasteiger partial charge in [-0.1, -0.05) is 12.1 Å². The zero-order valence-electron chi connectivity index (χ0n) is 11.6. The van der Waals surface area contributed by atoms with E-state index < -0.39 is 10.0 Å². The van der Waals surface area contributed by atoms with Gasteiger partial charge in [-0.25, -0.2) is 13.1 Å². The normalized spacial score (nSPS) is 11.2. The Bertz CT molecular complexity index is 533. The molecule has 1 rings (SSSR count). The second-order valence-corrected chi connectivity index (χ2v) is 6.32. The summed E-state index contributed by atoms with van der Waals surface area (Å²) in [5.74, 6) is -0.0588. The van der Waals surface area contributed by atoms with E-state index in [1.54, 1.807) is 31.4 Å². The zero-order chi connectivity index (χ0) is 14.8. The number of nitriles is 1. The van der Waals surface area contributed by atoms with Gasteiger partial charge in [-0.2, -0.15) is 5.26 Å². The summed E-state index contributed by atoms with van der Waals surface area (Å²) in [6, 6.07) is 8.57. The lowest BCUT2D eigenvalue weighted by atomic mass is 10.2. The smallest absolute Gasteiger partial charge is 0.215 e. The highest BCUT2D eigenvalue weighted by molar-refractivity contribution is 7.88. The molecule has 0 unspecified atom stereocenters. The molecule has 0 bridgehead atoms. The first-order valence-electron chi connectivity index (χ1n) is 6.53. The molecule has 110 valence electrons. The fourth-order valence-electron chi connectivity index (χ4n) is 1.72. The highest BCUT2D eigenvalue weighted by atomic mass is 32.2. The van der Waals surface area contributed by atoms with Crippen molar-refractivity contribution < 1.29 is 13.2 Å². The summed E-state index contributed by atoms with van der Waals surface area (Å²) in [4.78, 5) is 0.